The summed E-state index contributed by atoms with van der Waals surface area (Å²) in [5.41, 5.74) is 2.10. The quantitative estimate of drug-likeness (QED) is 0.732. The average molecular weight is 351 g/mol. The standard InChI is InChI=1S/C18H19ClN2O.ClH/c1-20-12-17(22)18(14-5-3-2-4-6-14)21-10-9-13-7-8-15(19)11-16(13)21;/h2-11,17-18,20,22H,12H2,1H3;1H/t17-,18+;/m1./s1. The van der Waals surface area contributed by atoms with E-state index in [-0.39, 0.29) is 18.4 Å². The second kappa shape index (κ2) is 7.84. The average Bonchev–Trinajstić information content (AvgIpc) is 2.92. The highest BCUT2D eigenvalue weighted by molar-refractivity contribution is 6.31. The topological polar surface area (TPSA) is 37.2 Å². The first-order valence-corrected chi connectivity index (χ1v) is 7.72. The van der Waals surface area contributed by atoms with Crippen LogP contribution in [0.4, 0.5) is 0 Å². The molecule has 2 atom stereocenters. The summed E-state index contributed by atoms with van der Waals surface area (Å²) >= 11 is 6.15. The largest absolute Gasteiger partial charge is 0.389 e. The van der Waals surface area contributed by atoms with Gasteiger partial charge in [0, 0.05) is 17.8 Å². The van der Waals surface area contributed by atoms with Gasteiger partial charge in [0.25, 0.3) is 0 Å². The fourth-order valence-corrected chi connectivity index (χ4v) is 3.07. The van der Waals surface area contributed by atoms with E-state index in [4.69, 9.17) is 11.6 Å². The SMILES string of the molecule is CNC[C@@H](O)[C@H](c1ccccc1)n1ccc2ccc(Cl)cc21.Cl. The third-order valence-corrected chi connectivity index (χ3v) is 4.14. The van der Waals surface area contributed by atoms with Crippen molar-refractivity contribution >= 4 is 34.9 Å². The molecule has 0 aliphatic carbocycles. The number of likely N-dealkylation sites (N-methyl/N-ethyl adjacent to an activating group) is 1. The molecule has 0 unspecified atom stereocenters. The van der Waals surface area contributed by atoms with Crippen LogP contribution in [0.25, 0.3) is 10.9 Å². The van der Waals surface area contributed by atoms with Crippen molar-refractivity contribution in [2.75, 3.05) is 13.6 Å². The zero-order valence-corrected chi connectivity index (χ0v) is 14.4. The molecule has 0 radical (unpaired) electrons. The molecule has 122 valence electrons. The summed E-state index contributed by atoms with van der Waals surface area (Å²) in [6, 6.07) is 17.8. The van der Waals surface area contributed by atoms with Gasteiger partial charge in [-0.15, -0.1) is 12.4 Å². The Morgan fingerprint density at radius 2 is 1.87 bits per heavy atom. The minimum atomic E-state index is -0.540. The minimum absolute atomic E-state index is 0. The number of hydrogen-bond donors (Lipinski definition) is 2. The molecule has 0 saturated heterocycles. The summed E-state index contributed by atoms with van der Waals surface area (Å²) in [6.45, 7) is 0.514. The van der Waals surface area contributed by atoms with Crippen LogP contribution in [0.2, 0.25) is 5.02 Å². The first-order chi connectivity index (χ1) is 10.7. The number of aliphatic hydroxyl groups is 1. The lowest BCUT2D eigenvalue weighted by Crippen LogP contribution is -2.33. The summed E-state index contributed by atoms with van der Waals surface area (Å²) in [5.74, 6) is 0. The molecule has 1 heterocycles. The number of aliphatic hydroxyl groups excluding tert-OH is 1. The van der Waals surface area contributed by atoms with E-state index >= 15 is 0 Å². The van der Waals surface area contributed by atoms with Crippen molar-refractivity contribution in [1.29, 1.82) is 0 Å². The number of rotatable bonds is 5. The van der Waals surface area contributed by atoms with Crippen LogP contribution in [0.5, 0.6) is 0 Å². The number of halogens is 2. The van der Waals surface area contributed by atoms with Crippen molar-refractivity contribution in [3.05, 3.63) is 71.4 Å². The highest BCUT2D eigenvalue weighted by Gasteiger charge is 2.23. The summed E-state index contributed by atoms with van der Waals surface area (Å²) in [5, 5.41) is 15.5. The lowest BCUT2D eigenvalue weighted by Gasteiger charge is -2.26. The zero-order chi connectivity index (χ0) is 15.5. The van der Waals surface area contributed by atoms with E-state index in [2.05, 4.69) is 9.88 Å². The Kier molecular flexibility index (Phi) is 6.08. The van der Waals surface area contributed by atoms with Crippen molar-refractivity contribution in [2.24, 2.45) is 0 Å². The molecule has 0 saturated carbocycles. The molecule has 2 N–H and O–H groups in total. The van der Waals surface area contributed by atoms with Crippen LogP contribution in [0.15, 0.2) is 60.8 Å². The van der Waals surface area contributed by atoms with Gasteiger partial charge in [-0.05, 0) is 36.2 Å². The van der Waals surface area contributed by atoms with Gasteiger partial charge in [-0.3, -0.25) is 0 Å². The summed E-state index contributed by atoms with van der Waals surface area (Å²) in [6.07, 6.45) is 1.47. The van der Waals surface area contributed by atoms with Gasteiger partial charge in [0.15, 0.2) is 0 Å². The van der Waals surface area contributed by atoms with E-state index in [0.29, 0.717) is 11.6 Å². The Labute approximate surface area is 147 Å². The molecule has 0 spiro atoms. The number of nitrogens with one attached hydrogen (secondary N) is 1. The molecule has 2 aromatic carbocycles. The third-order valence-electron chi connectivity index (χ3n) is 3.90. The van der Waals surface area contributed by atoms with Crippen LogP contribution in [-0.4, -0.2) is 29.4 Å². The smallest absolute Gasteiger partial charge is 0.0912 e. The molecule has 1 aromatic heterocycles. The van der Waals surface area contributed by atoms with Crippen molar-refractivity contribution in [3.8, 4) is 0 Å². The second-order valence-corrected chi connectivity index (χ2v) is 5.84. The second-order valence-electron chi connectivity index (χ2n) is 5.41. The van der Waals surface area contributed by atoms with E-state index in [1.54, 1.807) is 0 Å². The molecule has 0 aliphatic heterocycles. The van der Waals surface area contributed by atoms with E-state index in [9.17, 15) is 5.11 Å². The van der Waals surface area contributed by atoms with Crippen molar-refractivity contribution < 1.29 is 5.11 Å². The molecule has 0 fully saturated rings. The molecule has 0 aliphatic rings. The lowest BCUT2D eigenvalue weighted by molar-refractivity contribution is 0.132. The number of aromatic nitrogens is 1. The van der Waals surface area contributed by atoms with Crippen LogP contribution in [-0.2, 0) is 0 Å². The van der Waals surface area contributed by atoms with Crippen LogP contribution in [0, 0.1) is 0 Å². The number of benzene rings is 2. The van der Waals surface area contributed by atoms with E-state index in [1.807, 2.05) is 67.8 Å². The van der Waals surface area contributed by atoms with Crippen LogP contribution in [0.3, 0.4) is 0 Å². The van der Waals surface area contributed by atoms with Crippen molar-refractivity contribution in [3.63, 3.8) is 0 Å². The summed E-state index contributed by atoms with van der Waals surface area (Å²) in [7, 11) is 1.84. The van der Waals surface area contributed by atoms with Gasteiger partial charge in [0.2, 0.25) is 0 Å². The first-order valence-electron chi connectivity index (χ1n) is 7.34. The van der Waals surface area contributed by atoms with E-state index in [0.717, 1.165) is 16.5 Å². The number of nitrogens with zero attached hydrogens (tertiary/aromatic N) is 1. The van der Waals surface area contributed by atoms with Crippen molar-refractivity contribution in [2.45, 2.75) is 12.1 Å². The maximum atomic E-state index is 10.6. The molecule has 3 aromatic rings. The maximum absolute atomic E-state index is 10.6. The fourth-order valence-electron chi connectivity index (χ4n) is 2.90. The lowest BCUT2D eigenvalue weighted by atomic mass is 10.0. The van der Waals surface area contributed by atoms with Gasteiger partial charge in [-0.2, -0.15) is 0 Å². The highest BCUT2D eigenvalue weighted by Crippen LogP contribution is 2.29. The van der Waals surface area contributed by atoms with Gasteiger partial charge < -0.3 is 15.0 Å². The monoisotopic (exact) mass is 350 g/mol. The Bertz CT molecular complexity index is 758. The molecular formula is C18H20Cl2N2O. The first kappa shape index (κ1) is 17.8. The molecule has 5 heteroatoms. The van der Waals surface area contributed by atoms with E-state index < -0.39 is 6.10 Å². The molecule has 0 bridgehead atoms. The normalized spacial score (nSPS) is 13.5. The third kappa shape index (κ3) is 3.70. The van der Waals surface area contributed by atoms with E-state index in [1.165, 1.54) is 0 Å². The Morgan fingerprint density at radius 1 is 1.13 bits per heavy atom. The van der Waals surface area contributed by atoms with Crippen LogP contribution >= 0.6 is 24.0 Å². The zero-order valence-electron chi connectivity index (χ0n) is 12.8. The number of hydrogen-bond acceptors (Lipinski definition) is 2. The predicted molar refractivity (Wildman–Crippen MR) is 98.7 cm³/mol. The number of fused-ring (bicyclic) bond motifs is 1. The van der Waals surface area contributed by atoms with Crippen LogP contribution < -0.4 is 5.32 Å². The van der Waals surface area contributed by atoms with Gasteiger partial charge in [-0.25, -0.2) is 0 Å². The Morgan fingerprint density at radius 3 is 2.57 bits per heavy atom. The molecular weight excluding hydrogens is 331 g/mol. The van der Waals surface area contributed by atoms with Gasteiger partial charge in [0.05, 0.1) is 17.7 Å². The van der Waals surface area contributed by atoms with Gasteiger partial charge in [-0.1, -0.05) is 48.0 Å². The summed E-state index contributed by atoms with van der Waals surface area (Å²) < 4.78 is 2.10. The highest BCUT2D eigenvalue weighted by atomic mass is 35.5. The van der Waals surface area contributed by atoms with Gasteiger partial charge >= 0.3 is 0 Å². The van der Waals surface area contributed by atoms with Gasteiger partial charge in [0.1, 0.15) is 0 Å². The predicted octanol–water partition coefficient (Wildman–Crippen LogP) is 3.89. The maximum Gasteiger partial charge on any atom is 0.0912 e. The Balaban J connectivity index is 0.00000192. The molecule has 3 nitrogen and oxygen atoms in total. The molecule has 23 heavy (non-hydrogen) atoms. The fraction of sp³-hybridized carbons (Fsp3) is 0.222. The molecule has 0 amide bonds. The minimum Gasteiger partial charge on any atom is -0.389 e. The molecule has 3 rings (SSSR count). The summed E-state index contributed by atoms with van der Waals surface area (Å²) in [4.78, 5) is 0. The van der Waals surface area contributed by atoms with Crippen molar-refractivity contribution in [1.82, 2.24) is 9.88 Å². The van der Waals surface area contributed by atoms with Crippen LogP contribution in [0.1, 0.15) is 11.6 Å². The Hall–Kier alpha value is -1.52.